The number of carbonyl (C=O) groups is 6. The summed E-state index contributed by atoms with van der Waals surface area (Å²) in [6.45, 7) is -6.22. The van der Waals surface area contributed by atoms with Crippen molar-refractivity contribution in [2.45, 2.75) is 323 Å². The second-order valence-electron chi connectivity index (χ2n) is 36.5. The summed E-state index contributed by atoms with van der Waals surface area (Å²) in [5.74, 6) is -4.11. The number of ether oxygens (including phenoxy) is 21. The summed E-state index contributed by atoms with van der Waals surface area (Å²) in [4.78, 5) is 78.5. The Kier molecular flexibility index (Phi) is 46.5. The Morgan fingerprint density at radius 1 is 0.257 bits per heavy atom. The van der Waals surface area contributed by atoms with Crippen LogP contribution in [-0.2, 0) is 114 Å². The molecule has 2 aromatic rings. The molecule has 0 aromatic heterocycles. The van der Waals surface area contributed by atoms with E-state index in [1.54, 1.807) is 19.1 Å². The molecule has 9 saturated heterocycles. The number of carbonyl (C=O) groups excluding carboxylic acids is 6. The van der Waals surface area contributed by atoms with E-state index in [1.807, 2.05) is 0 Å². The van der Waals surface area contributed by atoms with Crippen molar-refractivity contribution in [1.82, 2.24) is 31.9 Å². The molecule has 11 rings (SSSR count). The summed E-state index contributed by atoms with van der Waals surface area (Å²) < 4.78 is 121. The first-order chi connectivity index (χ1) is 70.5. The van der Waals surface area contributed by atoms with Gasteiger partial charge in [0.25, 0.3) is 17.7 Å². The van der Waals surface area contributed by atoms with Crippen LogP contribution in [0, 0.1) is 6.92 Å². The molecule has 6 amide bonds. The molecule has 9 aliphatic heterocycles. The normalized spacial score (nSPS) is 39.7. The van der Waals surface area contributed by atoms with Gasteiger partial charge in [-0.3, -0.25) is 28.8 Å². The average molecular weight is 2140 g/mol. The molecule has 9 fully saturated rings. The summed E-state index contributed by atoms with van der Waals surface area (Å²) in [6, 6.07) is 4.68. The summed E-state index contributed by atoms with van der Waals surface area (Å²) >= 11 is 0. The van der Waals surface area contributed by atoms with Crippen molar-refractivity contribution in [1.29, 1.82) is 0 Å². The number of hydrogen-bond acceptors (Lipinski definition) is 54. The number of benzene rings is 2. The molecule has 0 aliphatic carbocycles. The van der Waals surface area contributed by atoms with Gasteiger partial charge in [0.15, 0.2) is 76.4 Å². The minimum atomic E-state index is -2.09. The topological polar surface area (TPSA) is 915 Å². The number of aryl methyl sites for hydroxylation is 1. The van der Waals surface area contributed by atoms with Gasteiger partial charge in [-0.25, -0.2) is 0 Å². The Morgan fingerprint density at radius 2 is 0.480 bits per heavy atom. The third-order valence-electron chi connectivity index (χ3n) is 25.6. The molecule has 844 valence electrons. The van der Waals surface area contributed by atoms with E-state index in [1.165, 1.54) is 24.3 Å². The molecule has 60 heteroatoms. The molecule has 2 aromatic carbocycles. The Hall–Kier alpha value is -7.14. The number of aliphatic hydroxyl groups is 27. The van der Waals surface area contributed by atoms with Crippen LogP contribution in [0.3, 0.4) is 0 Å². The molecular weight excluding hydrogens is 2000 g/mol. The average Bonchev–Trinajstić information content (AvgIpc) is 0.774. The van der Waals surface area contributed by atoms with E-state index in [-0.39, 0.29) is 76.0 Å². The molecule has 26 unspecified atom stereocenters. The molecule has 0 spiro atoms. The predicted molar refractivity (Wildman–Crippen MR) is 476 cm³/mol. The second kappa shape index (κ2) is 56.8. The van der Waals surface area contributed by atoms with Gasteiger partial charge in [0, 0.05) is 46.5 Å². The van der Waals surface area contributed by atoms with Crippen molar-refractivity contribution in [3.05, 3.63) is 42.0 Å². The monoisotopic (exact) mass is 2140 g/mol. The van der Waals surface area contributed by atoms with Crippen LogP contribution in [0.25, 0.3) is 11.1 Å². The van der Waals surface area contributed by atoms with Crippen LogP contribution in [0.2, 0.25) is 0 Å². The van der Waals surface area contributed by atoms with Crippen LogP contribution in [0.5, 0.6) is 17.2 Å². The molecule has 45 atom stereocenters. The van der Waals surface area contributed by atoms with Crippen molar-refractivity contribution in [3.63, 3.8) is 0 Å². The highest BCUT2D eigenvalue weighted by molar-refractivity contribution is 5.79. The molecule has 33 N–H and O–H groups in total. The maximum atomic E-state index is 13.6. The maximum absolute atomic E-state index is 13.6. The van der Waals surface area contributed by atoms with Gasteiger partial charge in [-0.05, 0) is 67.1 Å². The Labute approximate surface area is 842 Å². The number of amides is 6. The quantitative estimate of drug-likeness (QED) is 0.0274. The van der Waals surface area contributed by atoms with Crippen molar-refractivity contribution in [3.8, 4) is 28.4 Å². The van der Waals surface area contributed by atoms with Crippen LogP contribution in [-0.4, -0.2) is 568 Å². The standard InChI is InChI=1S/C88H138N6O54/c1-32-14-36(16-38(15-32)131-29-50(107)89-8-5-11-128-80-53(92-33(2)104)62(116)74(47(26-101)140-80)143-86-71(125)77(59(113)44(23-98)137-86)146-83-68(122)65(119)56(110)41(20-95)134-83)37-17-39(132-30-51(108)90-9-6-12-129-81-54(93-34(3)105)63(117)75(48(27-102)141-81)144-87-72(126)78(60(114)45(24-99)138-87)147-84-69(123)66(120)57(111)42(21-96)135-84)19-40(18-37)133-31-52(109)91-10-7-13-130-82-55(94-35(4)106)64(118)76(49(28-103)142-82)145-88-73(127)79(61(115)46(25-100)139-88)148-85-70(124)67(121)58(112)43(22-97)136-85/h14-19,41-49,53-88,95-103,110-127H,5-13,20-31H2,1-4H3,(H,89,107)(H,90,108)(H,91,109)(H,92,104)(H,93,105)(H,94,106)/t41?,42?,43?,44?,45?,46?,47?,48?,49?,53?,54?,55?,56-,57-,58-,59-,60-,61-,62?,63?,64?,65?,66?,67?,68?,69+,70?,71?,72?,73?,74+,75+,76-,77?,78?,79?,80+,81+,82+,83+,84+,85+,86-,87-,88-/m0/s1. The van der Waals surface area contributed by atoms with Gasteiger partial charge in [-0.15, -0.1) is 0 Å². The van der Waals surface area contributed by atoms with Crippen LogP contribution >= 0.6 is 0 Å². The summed E-state index contributed by atoms with van der Waals surface area (Å²) in [5.41, 5.74) is 1.30. The van der Waals surface area contributed by atoms with Crippen molar-refractivity contribution in [2.75, 3.05) is 119 Å². The third-order valence-corrected chi connectivity index (χ3v) is 25.6. The molecule has 9 heterocycles. The highest BCUT2D eigenvalue weighted by Gasteiger charge is 2.60. The van der Waals surface area contributed by atoms with Gasteiger partial charge in [0.05, 0.1) is 79.3 Å². The third kappa shape index (κ3) is 30.6. The summed E-state index contributed by atoms with van der Waals surface area (Å²) in [6.07, 6.45) is -75.7. The van der Waals surface area contributed by atoms with E-state index >= 15 is 0 Å². The second-order valence-corrected chi connectivity index (χ2v) is 36.5. The number of rotatable bonds is 49. The van der Waals surface area contributed by atoms with Gasteiger partial charge in [-0.1, -0.05) is 6.07 Å². The van der Waals surface area contributed by atoms with E-state index in [2.05, 4.69) is 31.9 Å². The Morgan fingerprint density at radius 3 is 0.730 bits per heavy atom. The van der Waals surface area contributed by atoms with Crippen LogP contribution in [0.1, 0.15) is 45.6 Å². The lowest BCUT2D eigenvalue weighted by atomic mass is 9.95. The first-order valence-electron chi connectivity index (χ1n) is 47.7. The maximum Gasteiger partial charge on any atom is 0.257 e. The minimum Gasteiger partial charge on any atom is -0.484 e. The van der Waals surface area contributed by atoms with E-state index in [9.17, 15) is 167 Å². The van der Waals surface area contributed by atoms with E-state index in [0.717, 1.165) is 20.8 Å². The zero-order valence-electron chi connectivity index (χ0n) is 80.4. The van der Waals surface area contributed by atoms with Crippen molar-refractivity contribution < 1.29 is 266 Å². The van der Waals surface area contributed by atoms with Crippen LogP contribution in [0.4, 0.5) is 0 Å². The van der Waals surface area contributed by atoms with Gasteiger partial charge < -0.3 is 269 Å². The summed E-state index contributed by atoms with van der Waals surface area (Å²) in [7, 11) is 0. The summed E-state index contributed by atoms with van der Waals surface area (Å²) in [5, 5.41) is 304. The number of nitrogens with one attached hydrogen (secondary N) is 6. The Balaban J connectivity index is 0.703. The van der Waals surface area contributed by atoms with Crippen molar-refractivity contribution >= 4 is 35.4 Å². The lowest BCUT2D eigenvalue weighted by molar-refractivity contribution is -0.376. The largest absolute Gasteiger partial charge is 0.484 e. The van der Waals surface area contributed by atoms with E-state index < -0.39 is 391 Å². The van der Waals surface area contributed by atoms with E-state index in [0.29, 0.717) is 16.7 Å². The lowest BCUT2D eigenvalue weighted by Gasteiger charge is -2.48. The molecule has 148 heavy (non-hydrogen) atoms. The first-order valence-corrected chi connectivity index (χ1v) is 47.7. The van der Waals surface area contributed by atoms with E-state index in [4.69, 9.17) is 99.5 Å². The molecule has 0 bridgehead atoms. The minimum absolute atomic E-state index is 0.00675. The fraction of sp³-hybridized carbons (Fsp3) is 0.795. The fourth-order valence-electron chi connectivity index (χ4n) is 17.7. The number of aliphatic hydroxyl groups excluding tert-OH is 27. The highest BCUT2D eigenvalue weighted by atomic mass is 16.8. The molecule has 0 radical (unpaired) electrons. The fourth-order valence-corrected chi connectivity index (χ4v) is 17.7. The smallest absolute Gasteiger partial charge is 0.257 e. The van der Waals surface area contributed by atoms with Crippen LogP contribution < -0.4 is 46.1 Å². The van der Waals surface area contributed by atoms with Gasteiger partial charge in [0.1, 0.15) is 237 Å². The highest BCUT2D eigenvalue weighted by Crippen LogP contribution is 2.41. The molecule has 0 saturated carbocycles. The predicted octanol–water partition coefficient (Wildman–Crippen LogP) is -18.9. The Bertz CT molecular complexity index is 4270. The zero-order valence-corrected chi connectivity index (χ0v) is 80.4. The van der Waals surface area contributed by atoms with Crippen LogP contribution in [0.15, 0.2) is 36.4 Å². The molecule has 9 aliphatic rings. The first kappa shape index (κ1) is 121. The molecular formula is C88H138N6O54. The van der Waals surface area contributed by atoms with Crippen molar-refractivity contribution in [2.24, 2.45) is 0 Å². The zero-order chi connectivity index (χ0) is 108. The van der Waals surface area contributed by atoms with Gasteiger partial charge >= 0.3 is 0 Å². The van der Waals surface area contributed by atoms with Gasteiger partial charge in [0.2, 0.25) is 17.7 Å². The van der Waals surface area contributed by atoms with Gasteiger partial charge in [-0.2, -0.15) is 0 Å². The molecule has 60 nitrogen and oxygen atoms in total. The number of hydrogen-bond donors (Lipinski definition) is 33. The SMILES string of the molecule is CC(=O)NC1C(O)[C@H](O[C@@H]2OC(CO)[C@H](O)C(O[C@H]3OC(CO)[C@H](O)C(O)C3O)C2O)C(CO)O[C@H]1OCCCNC(=O)COc1cc(C)cc(-c2cc(OCC(=O)NCCCO[C@@H]3OC(CO)[C@@H](O[C@@H]4OC(CO)[C@H](O)C(O[C@H]5OC(CO)[C@H](O)C(O)[C@H]5O)C4O)C(O)C3NC(C)=O)cc(OCC(=O)NCCCO[C@@H]3OC(CO)[C@H](O[C@@H]4OC(CO)[C@H](O)C(O[C@H]5OC(CO)[C@H](O)C(O)C5O)C4O)C(O)C3NC(C)=O)c2)c1. The lowest BCUT2D eigenvalue weighted by Crippen LogP contribution is -2.68.